The second-order valence-corrected chi connectivity index (χ2v) is 5.79. The van der Waals surface area contributed by atoms with E-state index in [0.29, 0.717) is 23.0 Å². The first-order chi connectivity index (χ1) is 13.2. The van der Waals surface area contributed by atoms with Gasteiger partial charge in [0, 0.05) is 17.3 Å². The molecule has 0 aliphatic heterocycles. The van der Waals surface area contributed by atoms with Crippen molar-refractivity contribution in [3.63, 3.8) is 0 Å². The SMILES string of the molecule is COc1ccc(-c2nc(-c3ccccc3)nc(-c3ccncc3O)n2)cc1. The summed E-state index contributed by atoms with van der Waals surface area (Å²) in [6, 6.07) is 18.8. The van der Waals surface area contributed by atoms with Gasteiger partial charge in [-0.15, -0.1) is 0 Å². The van der Waals surface area contributed by atoms with Gasteiger partial charge in [0.1, 0.15) is 11.5 Å². The van der Waals surface area contributed by atoms with Crippen molar-refractivity contribution in [2.24, 2.45) is 0 Å². The number of ether oxygens (including phenoxy) is 1. The molecule has 6 nitrogen and oxygen atoms in total. The fourth-order valence-corrected chi connectivity index (χ4v) is 2.66. The van der Waals surface area contributed by atoms with Crippen LogP contribution in [-0.4, -0.2) is 32.2 Å². The van der Waals surface area contributed by atoms with E-state index in [2.05, 4.69) is 19.9 Å². The maximum absolute atomic E-state index is 10.2. The molecule has 4 aromatic rings. The Labute approximate surface area is 156 Å². The van der Waals surface area contributed by atoms with Gasteiger partial charge in [0.25, 0.3) is 0 Å². The van der Waals surface area contributed by atoms with Crippen molar-refractivity contribution in [1.29, 1.82) is 0 Å². The molecule has 132 valence electrons. The molecular formula is C21H16N4O2. The van der Waals surface area contributed by atoms with Gasteiger partial charge in [-0.3, -0.25) is 4.98 Å². The molecule has 0 aliphatic carbocycles. The van der Waals surface area contributed by atoms with Gasteiger partial charge in [-0.2, -0.15) is 0 Å². The molecule has 2 heterocycles. The van der Waals surface area contributed by atoms with Gasteiger partial charge in [-0.05, 0) is 30.3 Å². The van der Waals surface area contributed by atoms with Crippen LogP contribution in [0.5, 0.6) is 11.5 Å². The van der Waals surface area contributed by atoms with Crippen LogP contribution < -0.4 is 4.74 Å². The molecule has 6 heteroatoms. The molecule has 0 spiro atoms. The van der Waals surface area contributed by atoms with E-state index >= 15 is 0 Å². The second kappa shape index (κ2) is 7.21. The number of methoxy groups -OCH3 is 1. The third-order valence-corrected chi connectivity index (χ3v) is 4.06. The number of hydrogen-bond donors (Lipinski definition) is 1. The van der Waals surface area contributed by atoms with E-state index < -0.39 is 0 Å². The summed E-state index contributed by atoms with van der Waals surface area (Å²) in [6.07, 6.45) is 2.96. The predicted octanol–water partition coefficient (Wildman–Crippen LogP) is 3.98. The summed E-state index contributed by atoms with van der Waals surface area (Å²) < 4.78 is 5.21. The quantitative estimate of drug-likeness (QED) is 0.596. The van der Waals surface area contributed by atoms with Crippen LogP contribution >= 0.6 is 0 Å². The summed E-state index contributed by atoms with van der Waals surface area (Å²) in [5.74, 6) is 2.20. The van der Waals surface area contributed by atoms with Crippen LogP contribution in [0.1, 0.15) is 0 Å². The Balaban J connectivity index is 1.90. The highest BCUT2D eigenvalue weighted by molar-refractivity contribution is 5.69. The minimum absolute atomic E-state index is 0.0170. The standard InChI is InChI=1S/C21H16N4O2/c1-27-16-9-7-15(8-10-16)20-23-19(14-5-3-2-4-6-14)24-21(25-20)17-11-12-22-13-18(17)26/h2-13,26H,1H3. The lowest BCUT2D eigenvalue weighted by Crippen LogP contribution is -2.00. The number of benzene rings is 2. The van der Waals surface area contributed by atoms with Crippen molar-refractivity contribution in [3.8, 4) is 45.7 Å². The first-order valence-electron chi connectivity index (χ1n) is 8.34. The average Bonchev–Trinajstić information content (AvgIpc) is 2.74. The van der Waals surface area contributed by atoms with Crippen LogP contribution in [-0.2, 0) is 0 Å². The van der Waals surface area contributed by atoms with Crippen LogP contribution in [0.4, 0.5) is 0 Å². The van der Waals surface area contributed by atoms with Crippen LogP contribution in [0.2, 0.25) is 0 Å². The molecule has 2 aromatic carbocycles. The minimum atomic E-state index is 0.0170. The lowest BCUT2D eigenvalue weighted by molar-refractivity contribution is 0.415. The maximum atomic E-state index is 10.2. The van der Waals surface area contributed by atoms with E-state index in [-0.39, 0.29) is 5.75 Å². The topological polar surface area (TPSA) is 81.0 Å². The molecule has 0 radical (unpaired) electrons. The third-order valence-electron chi connectivity index (χ3n) is 4.06. The molecule has 0 amide bonds. The number of aromatic nitrogens is 4. The molecular weight excluding hydrogens is 340 g/mol. The molecule has 0 aliphatic rings. The lowest BCUT2D eigenvalue weighted by atomic mass is 10.1. The monoisotopic (exact) mass is 356 g/mol. The molecule has 2 aromatic heterocycles. The summed E-state index contributed by atoms with van der Waals surface area (Å²) in [5.41, 5.74) is 2.19. The fraction of sp³-hybridized carbons (Fsp3) is 0.0476. The predicted molar refractivity (Wildman–Crippen MR) is 102 cm³/mol. The second-order valence-electron chi connectivity index (χ2n) is 5.79. The zero-order valence-electron chi connectivity index (χ0n) is 14.6. The normalized spacial score (nSPS) is 10.6. The maximum Gasteiger partial charge on any atom is 0.167 e. The zero-order chi connectivity index (χ0) is 18.6. The first-order valence-corrected chi connectivity index (χ1v) is 8.34. The van der Waals surface area contributed by atoms with Gasteiger partial charge >= 0.3 is 0 Å². The Kier molecular flexibility index (Phi) is 4.45. The highest BCUT2D eigenvalue weighted by Crippen LogP contribution is 2.29. The Hall–Kier alpha value is -3.80. The van der Waals surface area contributed by atoms with Crippen molar-refractivity contribution >= 4 is 0 Å². The van der Waals surface area contributed by atoms with E-state index in [9.17, 15) is 5.11 Å². The number of pyridine rings is 1. The van der Waals surface area contributed by atoms with Gasteiger partial charge < -0.3 is 9.84 Å². The Morgan fingerprint density at radius 2 is 1.37 bits per heavy atom. The van der Waals surface area contributed by atoms with Gasteiger partial charge in [-0.1, -0.05) is 30.3 Å². The van der Waals surface area contributed by atoms with Gasteiger partial charge in [0.2, 0.25) is 0 Å². The summed E-state index contributed by atoms with van der Waals surface area (Å²) in [6.45, 7) is 0. The van der Waals surface area contributed by atoms with E-state index in [4.69, 9.17) is 4.74 Å². The molecule has 0 bridgehead atoms. The third kappa shape index (κ3) is 3.46. The Morgan fingerprint density at radius 1 is 0.741 bits per heavy atom. The lowest BCUT2D eigenvalue weighted by Gasteiger charge is -2.09. The molecule has 0 unspecified atom stereocenters. The highest BCUT2D eigenvalue weighted by atomic mass is 16.5. The van der Waals surface area contributed by atoms with Crippen LogP contribution in [0, 0.1) is 0 Å². The van der Waals surface area contributed by atoms with Crippen LogP contribution in [0.3, 0.4) is 0 Å². The molecule has 0 saturated carbocycles. The van der Waals surface area contributed by atoms with Crippen molar-refractivity contribution < 1.29 is 9.84 Å². The first kappa shape index (κ1) is 16.7. The Morgan fingerprint density at radius 3 is 2.00 bits per heavy atom. The van der Waals surface area contributed by atoms with E-state index in [1.165, 1.54) is 6.20 Å². The zero-order valence-corrected chi connectivity index (χ0v) is 14.6. The van der Waals surface area contributed by atoms with Gasteiger partial charge in [0.05, 0.1) is 18.9 Å². The molecule has 1 N–H and O–H groups in total. The largest absolute Gasteiger partial charge is 0.506 e. The average molecular weight is 356 g/mol. The Bertz CT molecular complexity index is 1070. The molecule has 27 heavy (non-hydrogen) atoms. The summed E-state index contributed by atoms with van der Waals surface area (Å²) >= 11 is 0. The molecule has 4 rings (SSSR count). The number of aromatic hydroxyl groups is 1. The summed E-state index contributed by atoms with van der Waals surface area (Å²) in [7, 11) is 1.62. The minimum Gasteiger partial charge on any atom is -0.506 e. The number of rotatable bonds is 4. The van der Waals surface area contributed by atoms with E-state index in [1.54, 1.807) is 19.4 Å². The molecule has 0 atom stereocenters. The fourth-order valence-electron chi connectivity index (χ4n) is 2.66. The van der Waals surface area contributed by atoms with Crippen molar-refractivity contribution in [3.05, 3.63) is 73.1 Å². The summed E-state index contributed by atoms with van der Waals surface area (Å²) in [5, 5.41) is 10.2. The highest BCUT2D eigenvalue weighted by Gasteiger charge is 2.14. The van der Waals surface area contributed by atoms with Crippen LogP contribution in [0.25, 0.3) is 34.2 Å². The molecule has 0 saturated heterocycles. The van der Waals surface area contributed by atoms with Crippen molar-refractivity contribution in [2.75, 3.05) is 7.11 Å². The number of hydrogen-bond acceptors (Lipinski definition) is 6. The van der Waals surface area contributed by atoms with E-state index in [0.717, 1.165) is 16.9 Å². The smallest absolute Gasteiger partial charge is 0.167 e. The summed E-state index contributed by atoms with van der Waals surface area (Å²) in [4.78, 5) is 17.7. The molecule has 0 fully saturated rings. The van der Waals surface area contributed by atoms with Gasteiger partial charge in [0.15, 0.2) is 17.5 Å². The van der Waals surface area contributed by atoms with Crippen molar-refractivity contribution in [2.45, 2.75) is 0 Å². The van der Waals surface area contributed by atoms with Crippen LogP contribution in [0.15, 0.2) is 73.1 Å². The van der Waals surface area contributed by atoms with Crippen molar-refractivity contribution in [1.82, 2.24) is 19.9 Å². The van der Waals surface area contributed by atoms with E-state index in [1.807, 2.05) is 54.6 Å². The number of nitrogens with zero attached hydrogens (tertiary/aromatic N) is 4. The van der Waals surface area contributed by atoms with Gasteiger partial charge in [-0.25, -0.2) is 15.0 Å².